The molecule has 0 aromatic heterocycles. The first-order valence-electron chi connectivity index (χ1n) is 8.96. The molecule has 0 N–H and O–H groups in total. The minimum Gasteiger partial charge on any atom is -0.468 e. The van der Waals surface area contributed by atoms with Crippen molar-refractivity contribution in [1.82, 2.24) is 0 Å². The van der Waals surface area contributed by atoms with E-state index >= 15 is 0 Å². The average molecular weight is 378 g/mol. The molecule has 0 fully saturated rings. The van der Waals surface area contributed by atoms with Crippen LogP contribution in [0.5, 0.6) is 0 Å². The van der Waals surface area contributed by atoms with Crippen LogP contribution in [0.25, 0.3) is 0 Å². The van der Waals surface area contributed by atoms with E-state index in [0.717, 1.165) is 5.57 Å². The van der Waals surface area contributed by atoms with Crippen molar-refractivity contribution in [3.63, 3.8) is 0 Å². The molecule has 6 heteroatoms. The largest absolute Gasteiger partial charge is 0.468 e. The van der Waals surface area contributed by atoms with Gasteiger partial charge in [0.2, 0.25) is 0 Å². The Balaban J connectivity index is 3.24. The number of rotatable bonds is 5. The van der Waals surface area contributed by atoms with Gasteiger partial charge in [-0.1, -0.05) is 6.08 Å². The topological polar surface area (TPSA) is 78.9 Å². The molecule has 1 rings (SSSR count). The summed E-state index contributed by atoms with van der Waals surface area (Å²) in [5, 5.41) is 0. The molecule has 150 valence electrons. The van der Waals surface area contributed by atoms with Crippen molar-refractivity contribution in [1.29, 1.82) is 0 Å². The van der Waals surface area contributed by atoms with Gasteiger partial charge in [0.25, 0.3) is 0 Å². The van der Waals surface area contributed by atoms with Crippen molar-refractivity contribution in [3.05, 3.63) is 29.5 Å². The average Bonchev–Trinajstić information content (AvgIpc) is 2.61. The summed E-state index contributed by atoms with van der Waals surface area (Å²) in [6.45, 7) is 8.99. The Kier molecular flexibility index (Phi) is 7.61. The van der Waals surface area contributed by atoms with Crippen LogP contribution in [0.3, 0.4) is 0 Å². The van der Waals surface area contributed by atoms with Crippen LogP contribution in [-0.2, 0) is 28.6 Å². The second-order valence-electron chi connectivity index (χ2n) is 7.90. The number of hydrogen-bond donors (Lipinski definition) is 0. The normalized spacial score (nSPS) is 19.5. The van der Waals surface area contributed by atoms with Crippen molar-refractivity contribution in [2.24, 2.45) is 16.7 Å². The Morgan fingerprint density at radius 1 is 0.963 bits per heavy atom. The summed E-state index contributed by atoms with van der Waals surface area (Å²) in [7, 11) is 2.47. The molecule has 2 atom stereocenters. The van der Waals surface area contributed by atoms with E-state index in [1.165, 1.54) is 20.3 Å². The van der Waals surface area contributed by atoms with Crippen LogP contribution in [0.2, 0.25) is 0 Å². The van der Waals surface area contributed by atoms with Crippen molar-refractivity contribution in [2.75, 3.05) is 14.2 Å². The number of carbonyl (C=O) groups is 3. The summed E-state index contributed by atoms with van der Waals surface area (Å²) in [5.41, 5.74) is 1.53. The van der Waals surface area contributed by atoms with Crippen LogP contribution in [0.4, 0.5) is 0 Å². The van der Waals surface area contributed by atoms with Gasteiger partial charge >= 0.3 is 17.9 Å². The predicted octanol–water partition coefficient (Wildman–Crippen LogP) is 3.36. The fourth-order valence-electron chi connectivity index (χ4n) is 2.79. The molecule has 0 heterocycles. The zero-order valence-electron chi connectivity index (χ0n) is 17.3. The van der Waals surface area contributed by atoms with Crippen LogP contribution in [-0.4, -0.2) is 38.2 Å². The highest BCUT2D eigenvalue weighted by atomic mass is 16.6. The van der Waals surface area contributed by atoms with Gasteiger partial charge in [-0.2, -0.15) is 0 Å². The van der Waals surface area contributed by atoms with Gasteiger partial charge in [0.1, 0.15) is 6.10 Å². The van der Waals surface area contributed by atoms with Crippen LogP contribution in [0, 0.1) is 16.7 Å². The molecule has 0 aliphatic heterocycles. The maximum Gasteiger partial charge on any atom is 0.328 e. The SMILES string of the molecule is COC(=O)C(C=C=C(C)C)(C(=O)OC)[C@H]1C=C[C@H](OC(=O)C(C)(C)C)CC1. The van der Waals surface area contributed by atoms with E-state index in [0.29, 0.717) is 12.8 Å². The summed E-state index contributed by atoms with van der Waals surface area (Å²) in [4.78, 5) is 37.3. The van der Waals surface area contributed by atoms with Crippen molar-refractivity contribution in [3.8, 4) is 0 Å². The first-order valence-corrected chi connectivity index (χ1v) is 8.96. The van der Waals surface area contributed by atoms with E-state index in [1.807, 2.05) is 13.8 Å². The first kappa shape index (κ1) is 22.7. The molecule has 0 spiro atoms. The van der Waals surface area contributed by atoms with Crippen LogP contribution >= 0.6 is 0 Å². The quantitative estimate of drug-likeness (QED) is 0.240. The number of hydrogen-bond acceptors (Lipinski definition) is 6. The lowest BCUT2D eigenvalue weighted by Crippen LogP contribution is -2.46. The standard InChI is InChI=1S/C21H30O6/c1-14(2)12-13-21(18(23)25-6,19(24)26-7)15-8-10-16(11-9-15)27-17(22)20(3,4)5/h8,10,13,15-16H,9,11H2,1-7H3/t15-,16-/m0/s1. The highest BCUT2D eigenvalue weighted by Crippen LogP contribution is 2.40. The number of methoxy groups -OCH3 is 2. The molecule has 0 aromatic rings. The number of carbonyl (C=O) groups excluding carboxylic acids is 3. The third-order valence-corrected chi connectivity index (χ3v) is 4.41. The Labute approximate surface area is 161 Å². The molecule has 0 amide bonds. The van der Waals surface area contributed by atoms with E-state index < -0.39 is 34.8 Å². The zero-order chi connectivity index (χ0) is 20.8. The lowest BCUT2D eigenvalue weighted by molar-refractivity contribution is -0.169. The second kappa shape index (κ2) is 9.05. The summed E-state index contributed by atoms with van der Waals surface area (Å²) >= 11 is 0. The minimum absolute atomic E-state index is 0.299. The van der Waals surface area contributed by atoms with Crippen molar-refractivity contribution < 1.29 is 28.6 Å². The number of ether oxygens (including phenoxy) is 3. The lowest BCUT2D eigenvalue weighted by Gasteiger charge is -2.34. The van der Waals surface area contributed by atoms with Gasteiger partial charge in [-0.15, -0.1) is 5.73 Å². The number of esters is 3. The summed E-state index contributed by atoms with van der Waals surface area (Å²) in [6.07, 6.45) is 5.41. The maximum absolute atomic E-state index is 12.6. The molecule has 6 nitrogen and oxygen atoms in total. The smallest absolute Gasteiger partial charge is 0.328 e. The van der Waals surface area contributed by atoms with Crippen LogP contribution < -0.4 is 0 Å². The van der Waals surface area contributed by atoms with E-state index in [2.05, 4.69) is 5.73 Å². The zero-order valence-corrected chi connectivity index (χ0v) is 17.3. The first-order chi connectivity index (χ1) is 12.5. The maximum atomic E-state index is 12.6. The van der Waals surface area contributed by atoms with E-state index in [1.54, 1.807) is 32.9 Å². The molecule has 1 aliphatic carbocycles. The van der Waals surface area contributed by atoms with E-state index in [4.69, 9.17) is 14.2 Å². The molecule has 0 bridgehead atoms. The predicted molar refractivity (Wildman–Crippen MR) is 101 cm³/mol. The molecule has 1 aliphatic rings. The Bertz CT molecular complexity index is 653. The third-order valence-electron chi connectivity index (χ3n) is 4.41. The third kappa shape index (κ3) is 5.33. The molecule has 0 aromatic carbocycles. The van der Waals surface area contributed by atoms with Gasteiger partial charge in [-0.25, -0.2) is 0 Å². The molecular weight excluding hydrogens is 348 g/mol. The van der Waals surface area contributed by atoms with Gasteiger partial charge in [0.05, 0.1) is 19.6 Å². The van der Waals surface area contributed by atoms with Crippen molar-refractivity contribution >= 4 is 17.9 Å². The Hall–Kier alpha value is -2.33. The molecule has 0 saturated heterocycles. The van der Waals surface area contributed by atoms with Gasteiger partial charge in [-0.05, 0) is 65.2 Å². The molecule has 0 saturated carbocycles. The van der Waals surface area contributed by atoms with E-state index in [-0.39, 0.29) is 5.97 Å². The van der Waals surface area contributed by atoms with Gasteiger partial charge in [-0.3, -0.25) is 14.4 Å². The summed E-state index contributed by atoms with van der Waals surface area (Å²) in [6, 6.07) is 0. The van der Waals surface area contributed by atoms with Gasteiger partial charge in [0.15, 0.2) is 5.41 Å². The second-order valence-corrected chi connectivity index (χ2v) is 7.90. The highest BCUT2D eigenvalue weighted by molar-refractivity contribution is 6.03. The molecule has 0 unspecified atom stereocenters. The van der Waals surface area contributed by atoms with Crippen LogP contribution in [0.1, 0.15) is 47.5 Å². The van der Waals surface area contributed by atoms with Gasteiger partial charge < -0.3 is 14.2 Å². The van der Waals surface area contributed by atoms with Gasteiger partial charge in [0, 0.05) is 5.92 Å². The molecule has 27 heavy (non-hydrogen) atoms. The Morgan fingerprint density at radius 3 is 1.89 bits per heavy atom. The molecule has 0 radical (unpaired) electrons. The highest BCUT2D eigenvalue weighted by Gasteiger charge is 2.52. The number of allylic oxidation sites excluding steroid dienone is 1. The molecular formula is C21H30O6. The summed E-state index contributed by atoms with van der Waals surface area (Å²) in [5.74, 6) is -2.20. The lowest BCUT2D eigenvalue weighted by atomic mass is 9.70. The summed E-state index contributed by atoms with van der Waals surface area (Å²) < 4.78 is 15.3. The minimum atomic E-state index is -1.63. The fourth-order valence-corrected chi connectivity index (χ4v) is 2.79. The monoisotopic (exact) mass is 378 g/mol. The van der Waals surface area contributed by atoms with E-state index in [9.17, 15) is 14.4 Å². The fraction of sp³-hybridized carbons (Fsp3) is 0.619. The van der Waals surface area contributed by atoms with Crippen molar-refractivity contribution in [2.45, 2.75) is 53.6 Å². The van der Waals surface area contributed by atoms with Crippen LogP contribution in [0.15, 0.2) is 29.5 Å². The Morgan fingerprint density at radius 2 is 1.52 bits per heavy atom.